The lowest BCUT2D eigenvalue weighted by Gasteiger charge is -2.16. The summed E-state index contributed by atoms with van der Waals surface area (Å²) in [6.07, 6.45) is 0. The van der Waals surface area contributed by atoms with Crippen LogP contribution in [0, 0.1) is 0 Å². The Labute approximate surface area is 164 Å². The van der Waals surface area contributed by atoms with Crippen LogP contribution in [0.25, 0.3) is 0 Å². The molecule has 2 aromatic rings. The molecule has 0 unspecified atom stereocenters. The van der Waals surface area contributed by atoms with Gasteiger partial charge in [0.25, 0.3) is 0 Å². The predicted molar refractivity (Wildman–Crippen MR) is 103 cm³/mol. The summed E-state index contributed by atoms with van der Waals surface area (Å²) in [5.74, 6) is -0.753. The van der Waals surface area contributed by atoms with Gasteiger partial charge in [-0.05, 0) is 45.9 Å². The van der Waals surface area contributed by atoms with Crippen molar-refractivity contribution in [2.45, 2.75) is 43.1 Å². The summed E-state index contributed by atoms with van der Waals surface area (Å²) in [5.41, 5.74) is 0.0462. The molecular weight excluding hydrogens is 382 g/mol. The lowest BCUT2D eigenvalue weighted by atomic mass is 10.1. The smallest absolute Gasteiger partial charge is 0.382 e. The third-order valence-electron chi connectivity index (χ3n) is 3.39. The minimum absolute atomic E-state index is 0.102. The van der Waals surface area contributed by atoms with Crippen molar-refractivity contribution in [2.24, 2.45) is 5.16 Å². The minimum atomic E-state index is -3.73. The van der Waals surface area contributed by atoms with E-state index >= 15 is 0 Å². The molecule has 0 aliphatic rings. The largest absolute Gasteiger partial charge is 0.383 e. The van der Waals surface area contributed by atoms with Gasteiger partial charge in [0.15, 0.2) is 0 Å². The fraction of sp³-hybridized carbons (Fsp3) is 0.300. The van der Waals surface area contributed by atoms with Crippen LogP contribution in [0.4, 0.5) is 0 Å². The molecule has 2 aromatic carbocycles. The van der Waals surface area contributed by atoms with E-state index in [0.717, 1.165) is 0 Å². The number of nitrogens with zero attached hydrogens (tertiary/aromatic N) is 1. The van der Waals surface area contributed by atoms with Crippen LogP contribution in [0.2, 0.25) is 0 Å². The van der Waals surface area contributed by atoms with Crippen molar-refractivity contribution in [1.82, 2.24) is 0 Å². The normalized spacial score (nSPS) is 12.5. The van der Waals surface area contributed by atoms with Gasteiger partial charge in [0.05, 0.1) is 15.5 Å². The Morgan fingerprint density at radius 1 is 1.00 bits per heavy atom. The summed E-state index contributed by atoms with van der Waals surface area (Å²) in [6.45, 7) is 6.31. The van der Waals surface area contributed by atoms with Crippen molar-refractivity contribution in [3.05, 3.63) is 60.2 Å². The first-order chi connectivity index (χ1) is 13.1. The lowest BCUT2D eigenvalue weighted by Crippen LogP contribution is -2.23. The van der Waals surface area contributed by atoms with Crippen LogP contribution in [0.5, 0.6) is 0 Å². The molecule has 0 fully saturated rings. The number of carbonyl (C=O) groups excluding carboxylic acids is 1. The van der Waals surface area contributed by atoms with Crippen molar-refractivity contribution < 1.29 is 27.8 Å². The third-order valence-corrected chi connectivity index (χ3v) is 5.22. The molecule has 0 aromatic heterocycles. The van der Waals surface area contributed by atoms with E-state index in [4.69, 9.17) is 9.73 Å². The van der Waals surface area contributed by atoms with E-state index in [1.165, 1.54) is 18.2 Å². The van der Waals surface area contributed by atoms with Crippen molar-refractivity contribution in [3.63, 3.8) is 0 Å². The Morgan fingerprint density at radius 2 is 1.61 bits per heavy atom. The van der Waals surface area contributed by atoms with Gasteiger partial charge in [-0.2, -0.15) is 4.89 Å². The average Bonchev–Trinajstić information content (AvgIpc) is 2.66. The molecule has 0 amide bonds. The maximum absolute atomic E-state index is 12.9. The van der Waals surface area contributed by atoms with Gasteiger partial charge in [-0.3, -0.25) is 4.89 Å². The zero-order chi connectivity index (χ0) is 20.8. The highest BCUT2D eigenvalue weighted by molar-refractivity contribution is 7.91. The Bertz CT molecular complexity index is 946. The predicted octanol–water partition coefficient (Wildman–Crippen LogP) is 3.53. The average molecular weight is 405 g/mol. The monoisotopic (exact) mass is 405 g/mol. The Balaban J connectivity index is 2.16. The number of hydrogen-bond donors (Lipinski definition) is 0. The van der Waals surface area contributed by atoms with Crippen molar-refractivity contribution in [2.75, 3.05) is 6.61 Å². The summed E-state index contributed by atoms with van der Waals surface area (Å²) in [7, 11) is -3.73. The standard InChI is InChI=1S/C20H23NO6S/c1-15(21-25-14-19(22)26-27-20(2,3)4)17-12-8-9-13-18(17)28(23,24)16-10-6-5-7-11-16/h5-13H,14H2,1-4H3/b21-15+. The summed E-state index contributed by atoms with van der Waals surface area (Å²) in [6, 6.07) is 14.6. The molecule has 0 spiro atoms. The van der Waals surface area contributed by atoms with Crippen LogP contribution < -0.4 is 0 Å². The van der Waals surface area contributed by atoms with Crippen molar-refractivity contribution in [3.8, 4) is 0 Å². The van der Waals surface area contributed by atoms with E-state index in [1.807, 2.05) is 0 Å². The quantitative estimate of drug-likeness (QED) is 0.398. The first-order valence-electron chi connectivity index (χ1n) is 8.56. The fourth-order valence-corrected chi connectivity index (χ4v) is 3.69. The second-order valence-corrected chi connectivity index (χ2v) is 8.83. The maximum atomic E-state index is 12.9. The SMILES string of the molecule is C/C(=N\OCC(=O)OOC(C)(C)C)c1ccccc1S(=O)(=O)c1ccccc1. The maximum Gasteiger partial charge on any atom is 0.382 e. The molecule has 2 rings (SSSR count). The summed E-state index contributed by atoms with van der Waals surface area (Å²) in [5, 5.41) is 3.84. The number of rotatable bonds is 7. The molecule has 0 saturated heterocycles. The molecule has 0 atom stereocenters. The van der Waals surface area contributed by atoms with Gasteiger partial charge in [-0.25, -0.2) is 13.2 Å². The Kier molecular flexibility index (Phi) is 6.93. The molecule has 0 aliphatic carbocycles. The zero-order valence-electron chi connectivity index (χ0n) is 16.2. The Hall–Kier alpha value is -2.71. The van der Waals surface area contributed by atoms with E-state index in [-0.39, 0.29) is 9.79 Å². The molecule has 8 heteroatoms. The van der Waals surface area contributed by atoms with E-state index < -0.39 is 28.0 Å². The number of carbonyl (C=O) groups is 1. The number of oxime groups is 1. The molecule has 0 saturated carbocycles. The molecule has 150 valence electrons. The van der Waals surface area contributed by atoms with Gasteiger partial charge in [0.1, 0.15) is 5.60 Å². The van der Waals surface area contributed by atoms with Gasteiger partial charge in [-0.1, -0.05) is 41.6 Å². The third kappa shape index (κ3) is 5.90. The highest BCUT2D eigenvalue weighted by Gasteiger charge is 2.22. The van der Waals surface area contributed by atoms with Gasteiger partial charge < -0.3 is 4.84 Å². The molecule has 0 N–H and O–H groups in total. The number of benzene rings is 2. The summed E-state index contributed by atoms with van der Waals surface area (Å²) >= 11 is 0. The lowest BCUT2D eigenvalue weighted by molar-refractivity contribution is -0.322. The minimum Gasteiger partial charge on any atom is -0.383 e. The highest BCUT2D eigenvalue weighted by Crippen LogP contribution is 2.24. The second kappa shape index (κ2) is 8.99. The van der Waals surface area contributed by atoms with Gasteiger partial charge in [0.2, 0.25) is 16.4 Å². The van der Waals surface area contributed by atoms with E-state index in [2.05, 4.69) is 10.0 Å². The molecule has 28 heavy (non-hydrogen) atoms. The molecular formula is C20H23NO6S. The van der Waals surface area contributed by atoms with Crippen LogP contribution in [0.3, 0.4) is 0 Å². The van der Waals surface area contributed by atoms with Gasteiger partial charge in [-0.15, -0.1) is 0 Å². The fourth-order valence-electron chi connectivity index (χ4n) is 2.15. The van der Waals surface area contributed by atoms with E-state index in [0.29, 0.717) is 11.3 Å². The first-order valence-corrected chi connectivity index (χ1v) is 10.0. The molecule has 0 heterocycles. The second-order valence-electron chi connectivity index (χ2n) is 6.91. The summed E-state index contributed by atoms with van der Waals surface area (Å²) < 4.78 is 25.9. The van der Waals surface area contributed by atoms with Gasteiger partial charge in [0, 0.05) is 5.56 Å². The van der Waals surface area contributed by atoms with Crippen LogP contribution >= 0.6 is 0 Å². The molecule has 0 radical (unpaired) electrons. The number of sulfone groups is 1. The van der Waals surface area contributed by atoms with E-state index in [9.17, 15) is 13.2 Å². The Morgan fingerprint density at radius 3 is 2.25 bits per heavy atom. The van der Waals surface area contributed by atoms with Gasteiger partial charge >= 0.3 is 5.97 Å². The van der Waals surface area contributed by atoms with Crippen LogP contribution in [-0.2, 0) is 29.2 Å². The van der Waals surface area contributed by atoms with Crippen molar-refractivity contribution in [1.29, 1.82) is 0 Å². The first kappa shape index (κ1) is 21.6. The van der Waals surface area contributed by atoms with Crippen LogP contribution in [0.15, 0.2) is 69.5 Å². The molecule has 0 bridgehead atoms. The molecule has 7 nitrogen and oxygen atoms in total. The van der Waals surface area contributed by atoms with Crippen LogP contribution in [0.1, 0.15) is 33.3 Å². The summed E-state index contributed by atoms with van der Waals surface area (Å²) in [4.78, 5) is 26.3. The molecule has 0 aliphatic heterocycles. The highest BCUT2D eigenvalue weighted by atomic mass is 32.2. The van der Waals surface area contributed by atoms with Crippen LogP contribution in [-0.4, -0.2) is 32.3 Å². The topological polar surface area (TPSA) is 91.3 Å². The zero-order valence-corrected chi connectivity index (χ0v) is 17.0. The number of hydrogen-bond acceptors (Lipinski definition) is 7. The van der Waals surface area contributed by atoms with Crippen molar-refractivity contribution >= 4 is 21.5 Å². The van der Waals surface area contributed by atoms with E-state index in [1.54, 1.807) is 64.1 Å².